The summed E-state index contributed by atoms with van der Waals surface area (Å²) in [5, 5.41) is 0.997. The Morgan fingerprint density at radius 2 is 1.93 bits per heavy atom. The predicted octanol–water partition coefficient (Wildman–Crippen LogP) is 4.62. The van der Waals surface area contributed by atoms with Crippen LogP contribution in [0.15, 0.2) is 47.5 Å². The fourth-order valence-corrected chi connectivity index (χ4v) is 2.25. The summed E-state index contributed by atoms with van der Waals surface area (Å²) >= 11 is 6.15. The molecule has 0 nitrogen and oxygen atoms in total. The van der Waals surface area contributed by atoms with Crippen LogP contribution in [-0.2, 0) is 0 Å². The van der Waals surface area contributed by atoms with Crippen LogP contribution in [0.1, 0.15) is 25.3 Å². The Hall–Kier alpha value is -1.01. The first-order valence-electron chi connectivity index (χ1n) is 5.43. The molecule has 0 N–H and O–H groups in total. The summed E-state index contributed by atoms with van der Waals surface area (Å²) in [7, 11) is 0. The zero-order valence-electron chi connectivity index (χ0n) is 8.91. The van der Waals surface area contributed by atoms with Gasteiger partial charge in [0, 0.05) is 5.03 Å². The number of rotatable bonds is 2. The molecule has 15 heavy (non-hydrogen) atoms. The van der Waals surface area contributed by atoms with Crippen LogP contribution >= 0.6 is 11.6 Å². The molecule has 0 fully saturated rings. The van der Waals surface area contributed by atoms with Crippen molar-refractivity contribution in [1.29, 1.82) is 0 Å². The van der Waals surface area contributed by atoms with Crippen molar-refractivity contribution in [3.63, 3.8) is 0 Å². The molecule has 1 unspecified atom stereocenters. The molecular formula is C14H15Cl. The van der Waals surface area contributed by atoms with Gasteiger partial charge >= 0.3 is 0 Å². The van der Waals surface area contributed by atoms with E-state index in [0.29, 0.717) is 5.92 Å². The topological polar surface area (TPSA) is 0 Å². The number of benzene rings is 1. The molecule has 0 aromatic heterocycles. The summed E-state index contributed by atoms with van der Waals surface area (Å²) in [6.45, 7) is 2.19. The minimum Gasteiger partial charge on any atom is -0.0888 e. The Bertz CT molecular complexity index is 387. The van der Waals surface area contributed by atoms with E-state index >= 15 is 0 Å². The molecule has 0 heterocycles. The predicted molar refractivity (Wildman–Crippen MR) is 66.8 cm³/mol. The van der Waals surface area contributed by atoms with Crippen molar-refractivity contribution in [1.82, 2.24) is 0 Å². The van der Waals surface area contributed by atoms with Crippen molar-refractivity contribution in [2.24, 2.45) is 5.92 Å². The zero-order chi connectivity index (χ0) is 10.7. The average Bonchev–Trinajstić information content (AvgIpc) is 2.31. The first-order valence-corrected chi connectivity index (χ1v) is 5.80. The lowest BCUT2D eigenvalue weighted by atomic mass is 9.88. The van der Waals surface area contributed by atoms with E-state index in [1.807, 2.05) is 12.1 Å². The van der Waals surface area contributed by atoms with Crippen LogP contribution in [0.4, 0.5) is 0 Å². The Morgan fingerprint density at radius 3 is 2.60 bits per heavy atom. The molecule has 0 saturated heterocycles. The Morgan fingerprint density at radius 1 is 1.20 bits per heavy atom. The van der Waals surface area contributed by atoms with Crippen LogP contribution in [0.2, 0.25) is 0 Å². The molecule has 1 aliphatic carbocycles. The Balaban J connectivity index is 2.26. The molecule has 0 aliphatic heterocycles. The molecule has 1 aromatic carbocycles. The van der Waals surface area contributed by atoms with Crippen LogP contribution in [0, 0.1) is 5.92 Å². The maximum Gasteiger partial charge on any atom is 0.0215 e. The Kier molecular flexibility index (Phi) is 3.27. The highest BCUT2D eigenvalue weighted by atomic mass is 35.5. The minimum atomic E-state index is 0.506. The second kappa shape index (κ2) is 4.67. The van der Waals surface area contributed by atoms with Gasteiger partial charge in [0.15, 0.2) is 0 Å². The summed E-state index contributed by atoms with van der Waals surface area (Å²) in [5.41, 5.74) is 2.71. The van der Waals surface area contributed by atoms with Gasteiger partial charge in [0.25, 0.3) is 0 Å². The highest BCUT2D eigenvalue weighted by Gasteiger charge is 2.16. The molecule has 1 aliphatic rings. The molecule has 1 heteroatoms. The molecule has 1 atom stereocenters. The van der Waals surface area contributed by atoms with E-state index in [0.717, 1.165) is 17.9 Å². The summed E-state index contributed by atoms with van der Waals surface area (Å²) in [5.74, 6) is 0.506. The second-order valence-electron chi connectivity index (χ2n) is 3.92. The van der Waals surface area contributed by atoms with Crippen molar-refractivity contribution in [2.75, 3.05) is 0 Å². The third kappa shape index (κ3) is 2.32. The number of hydrogen-bond acceptors (Lipinski definition) is 0. The van der Waals surface area contributed by atoms with Gasteiger partial charge in [-0.15, -0.1) is 0 Å². The van der Waals surface area contributed by atoms with Crippen molar-refractivity contribution in [3.8, 4) is 0 Å². The van der Waals surface area contributed by atoms with Crippen LogP contribution in [0.5, 0.6) is 0 Å². The summed E-state index contributed by atoms with van der Waals surface area (Å²) in [6, 6.07) is 10.5. The lowest BCUT2D eigenvalue weighted by Gasteiger charge is -2.20. The van der Waals surface area contributed by atoms with Crippen LogP contribution in [0.25, 0.3) is 5.57 Å². The van der Waals surface area contributed by atoms with E-state index in [2.05, 4.69) is 37.3 Å². The van der Waals surface area contributed by atoms with Gasteiger partial charge in [-0.1, -0.05) is 54.9 Å². The SMILES string of the molecule is CCC1CC(c2ccccc2)=CC=C1Cl. The lowest BCUT2D eigenvalue weighted by molar-refractivity contribution is 0.629. The summed E-state index contributed by atoms with van der Waals surface area (Å²) in [6.07, 6.45) is 6.36. The normalized spacial score (nSPS) is 20.8. The van der Waals surface area contributed by atoms with Crippen molar-refractivity contribution < 1.29 is 0 Å². The molecule has 0 spiro atoms. The van der Waals surface area contributed by atoms with Gasteiger partial charge in [-0.2, -0.15) is 0 Å². The fraction of sp³-hybridized carbons (Fsp3) is 0.286. The first kappa shape index (κ1) is 10.5. The van der Waals surface area contributed by atoms with Gasteiger partial charge in [-0.05, 0) is 36.0 Å². The largest absolute Gasteiger partial charge is 0.0888 e. The number of halogens is 1. The molecule has 1 aromatic rings. The number of allylic oxidation sites excluding steroid dienone is 4. The van der Waals surface area contributed by atoms with E-state index in [1.165, 1.54) is 11.1 Å². The Labute approximate surface area is 96.3 Å². The summed E-state index contributed by atoms with van der Waals surface area (Å²) < 4.78 is 0. The van der Waals surface area contributed by atoms with Gasteiger partial charge < -0.3 is 0 Å². The molecule has 2 rings (SSSR count). The molecule has 0 bridgehead atoms. The fourth-order valence-electron chi connectivity index (χ4n) is 1.95. The van der Waals surface area contributed by atoms with E-state index in [-0.39, 0.29) is 0 Å². The first-order chi connectivity index (χ1) is 7.31. The molecule has 0 amide bonds. The maximum atomic E-state index is 6.15. The minimum absolute atomic E-state index is 0.506. The van der Waals surface area contributed by atoms with Crippen LogP contribution in [0.3, 0.4) is 0 Å². The smallest absolute Gasteiger partial charge is 0.0215 e. The third-order valence-electron chi connectivity index (χ3n) is 2.94. The van der Waals surface area contributed by atoms with Gasteiger partial charge in [0.05, 0.1) is 0 Å². The molecular weight excluding hydrogens is 204 g/mol. The summed E-state index contributed by atoms with van der Waals surface area (Å²) in [4.78, 5) is 0. The highest BCUT2D eigenvalue weighted by Crippen LogP contribution is 2.34. The zero-order valence-corrected chi connectivity index (χ0v) is 9.67. The molecule has 78 valence electrons. The van der Waals surface area contributed by atoms with Gasteiger partial charge in [0.1, 0.15) is 0 Å². The maximum absolute atomic E-state index is 6.15. The second-order valence-corrected chi connectivity index (χ2v) is 4.36. The molecule has 0 saturated carbocycles. The van der Waals surface area contributed by atoms with Gasteiger partial charge in [0.2, 0.25) is 0 Å². The quantitative estimate of drug-likeness (QED) is 0.680. The third-order valence-corrected chi connectivity index (χ3v) is 3.37. The molecule has 0 radical (unpaired) electrons. The average molecular weight is 219 g/mol. The van der Waals surface area contributed by atoms with Crippen LogP contribution in [-0.4, -0.2) is 0 Å². The van der Waals surface area contributed by atoms with E-state index in [4.69, 9.17) is 11.6 Å². The standard InChI is InChI=1S/C14H15Cl/c1-2-11-10-13(8-9-14(11)15)12-6-4-3-5-7-12/h3-9,11H,2,10H2,1H3. The monoisotopic (exact) mass is 218 g/mol. The van der Waals surface area contributed by atoms with E-state index in [1.54, 1.807) is 0 Å². The van der Waals surface area contributed by atoms with E-state index < -0.39 is 0 Å². The van der Waals surface area contributed by atoms with Gasteiger partial charge in [-0.3, -0.25) is 0 Å². The van der Waals surface area contributed by atoms with Gasteiger partial charge in [-0.25, -0.2) is 0 Å². The number of hydrogen-bond donors (Lipinski definition) is 0. The van der Waals surface area contributed by atoms with Crippen molar-refractivity contribution in [2.45, 2.75) is 19.8 Å². The van der Waals surface area contributed by atoms with E-state index in [9.17, 15) is 0 Å². The van der Waals surface area contributed by atoms with Crippen molar-refractivity contribution >= 4 is 17.2 Å². The van der Waals surface area contributed by atoms with Crippen LogP contribution < -0.4 is 0 Å². The highest BCUT2D eigenvalue weighted by molar-refractivity contribution is 6.30. The lowest BCUT2D eigenvalue weighted by Crippen LogP contribution is -2.04. The van der Waals surface area contributed by atoms with Crippen molar-refractivity contribution in [3.05, 3.63) is 53.1 Å².